The van der Waals surface area contributed by atoms with Crippen LogP contribution in [0.1, 0.15) is 0 Å². The van der Waals surface area contributed by atoms with E-state index in [0.717, 1.165) is 61.5 Å². The number of hydrogen-bond acceptors (Lipinski definition) is 3. The summed E-state index contributed by atoms with van der Waals surface area (Å²) >= 11 is 1.84. The number of hydrogen-bond donors (Lipinski definition) is 0. The van der Waals surface area contributed by atoms with E-state index in [0.29, 0.717) is 5.82 Å². The molecule has 4 nitrogen and oxygen atoms in total. The summed E-state index contributed by atoms with van der Waals surface area (Å²) in [6.45, 7) is 0. The van der Waals surface area contributed by atoms with E-state index in [-0.39, 0.29) is 0 Å². The predicted molar refractivity (Wildman–Crippen MR) is 240 cm³/mol. The third-order valence-corrected chi connectivity index (χ3v) is 12.5. The molecule has 12 rings (SSSR count). The van der Waals surface area contributed by atoms with E-state index in [1.54, 1.807) is 0 Å². The van der Waals surface area contributed by atoms with E-state index >= 15 is 0 Å². The smallest absolute Gasteiger partial charge is 0.160 e. The Balaban J connectivity index is 1.35. The summed E-state index contributed by atoms with van der Waals surface area (Å²) in [5.41, 5.74) is 11.6. The van der Waals surface area contributed by atoms with Gasteiger partial charge in [0.1, 0.15) is 0 Å². The van der Waals surface area contributed by atoms with Crippen LogP contribution in [-0.2, 0) is 0 Å². The molecule has 8 aromatic carbocycles. The minimum atomic E-state index is 0.691. The highest BCUT2D eigenvalue weighted by atomic mass is 32.1. The maximum Gasteiger partial charge on any atom is 0.160 e. The fourth-order valence-corrected chi connectivity index (χ4v) is 10.1. The van der Waals surface area contributed by atoms with Gasteiger partial charge in [-0.1, -0.05) is 152 Å². The number of rotatable bonds is 5. The van der Waals surface area contributed by atoms with Gasteiger partial charge in [-0.3, -0.25) is 0 Å². The Morgan fingerprint density at radius 2 is 0.825 bits per heavy atom. The van der Waals surface area contributed by atoms with Crippen molar-refractivity contribution >= 4 is 75.1 Å². The van der Waals surface area contributed by atoms with E-state index in [1.807, 2.05) is 17.4 Å². The Bertz CT molecular complexity index is 3360. The maximum atomic E-state index is 5.57. The Morgan fingerprint density at radius 1 is 0.368 bits per heavy atom. The zero-order valence-corrected chi connectivity index (χ0v) is 31.5. The third-order valence-electron chi connectivity index (χ3n) is 11.3. The lowest BCUT2D eigenvalue weighted by Gasteiger charge is -2.22. The topological polar surface area (TPSA) is 35.6 Å². The molecule has 12 aromatic rings. The van der Waals surface area contributed by atoms with Gasteiger partial charge in [0.05, 0.1) is 44.8 Å². The van der Waals surface area contributed by atoms with Crippen LogP contribution in [0.4, 0.5) is 0 Å². The second-order valence-corrected chi connectivity index (χ2v) is 15.6. The third kappa shape index (κ3) is 4.86. The Hall–Kier alpha value is -7.34. The molecule has 0 N–H and O–H groups in total. The molecule has 0 radical (unpaired) electrons. The first-order valence-corrected chi connectivity index (χ1v) is 20.1. The fourth-order valence-electron chi connectivity index (χ4n) is 8.86. The van der Waals surface area contributed by atoms with Gasteiger partial charge >= 0.3 is 0 Å². The van der Waals surface area contributed by atoms with Crippen LogP contribution in [-0.4, -0.2) is 19.1 Å². The summed E-state index contributed by atoms with van der Waals surface area (Å²) in [5, 5.41) is 7.29. The second-order valence-electron chi connectivity index (χ2n) is 14.5. The minimum Gasteiger partial charge on any atom is -0.307 e. The van der Waals surface area contributed by atoms with Gasteiger partial charge < -0.3 is 9.13 Å². The SMILES string of the molecule is c1ccc(-c2cc(-c3c(-n4c5ccccc5c5ccccc54)c(-n4c5ccccc5c5ccccc54)cc4c3sc3ccccc34)nc(-c3ccccc3)n2)cc1. The van der Waals surface area contributed by atoms with Crippen molar-refractivity contribution in [2.75, 3.05) is 0 Å². The van der Waals surface area contributed by atoms with Crippen molar-refractivity contribution in [3.63, 3.8) is 0 Å². The number of fused-ring (bicyclic) bond motifs is 9. The number of benzene rings is 8. The van der Waals surface area contributed by atoms with E-state index in [4.69, 9.17) is 9.97 Å². The lowest BCUT2D eigenvalue weighted by molar-refractivity contribution is 1.10. The first-order valence-electron chi connectivity index (χ1n) is 19.3. The lowest BCUT2D eigenvalue weighted by atomic mass is 10.00. The molecule has 266 valence electrons. The van der Waals surface area contributed by atoms with Gasteiger partial charge in [0, 0.05) is 58.4 Å². The average molecular weight is 745 g/mol. The van der Waals surface area contributed by atoms with Crippen molar-refractivity contribution in [1.82, 2.24) is 19.1 Å². The average Bonchev–Trinajstić information content (AvgIpc) is 3.94. The quantitative estimate of drug-likeness (QED) is 0.176. The number of thiophene rings is 1. The van der Waals surface area contributed by atoms with Crippen LogP contribution in [0.5, 0.6) is 0 Å². The van der Waals surface area contributed by atoms with Crippen LogP contribution in [0.25, 0.3) is 109 Å². The molecule has 0 unspecified atom stereocenters. The number of para-hydroxylation sites is 4. The molecule has 0 bridgehead atoms. The van der Waals surface area contributed by atoms with Crippen LogP contribution in [0, 0.1) is 0 Å². The molecular formula is C52H32N4S. The highest BCUT2D eigenvalue weighted by Crippen LogP contribution is 2.49. The molecule has 57 heavy (non-hydrogen) atoms. The Labute approximate surface area is 332 Å². The molecule has 4 heterocycles. The molecule has 0 fully saturated rings. The van der Waals surface area contributed by atoms with Gasteiger partial charge in [0.25, 0.3) is 0 Å². The van der Waals surface area contributed by atoms with E-state index < -0.39 is 0 Å². The fraction of sp³-hybridized carbons (Fsp3) is 0. The normalized spacial score (nSPS) is 11.9. The summed E-state index contributed by atoms with van der Waals surface area (Å²) in [6.07, 6.45) is 0. The first kappa shape index (κ1) is 32.0. The van der Waals surface area contributed by atoms with Crippen molar-refractivity contribution < 1.29 is 0 Å². The van der Waals surface area contributed by atoms with E-state index in [2.05, 4.69) is 197 Å². The Morgan fingerprint density at radius 3 is 1.40 bits per heavy atom. The summed E-state index contributed by atoms with van der Waals surface area (Å²) in [7, 11) is 0. The predicted octanol–water partition coefficient (Wildman–Crippen LogP) is 14.0. The molecule has 0 saturated carbocycles. The molecule has 0 aliphatic carbocycles. The molecule has 0 saturated heterocycles. The van der Waals surface area contributed by atoms with Crippen molar-refractivity contribution in [3.05, 3.63) is 194 Å². The summed E-state index contributed by atoms with van der Waals surface area (Å²) in [6, 6.07) is 69.5. The molecule has 0 amide bonds. The standard InChI is InChI=1S/C52H32N4S/c1-3-17-33(18-4-1)41-32-42(54-52(53-41)34-19-5-2-6-20-34)49-50(56-45-28-14-9-23-37(45)38-24-10-15-29-46(38)56)47(31-40-39-25-11-16-30-48(39)57-51(40)49)55-43-26-12-7-21-35(43)36-22-8-13-27-44(36)55/h1-32H. The molecule has 4 aromatic heterocycles. The monoisotopic (exact) mass is 744 g/mol. The molecule has 5 heteroatoms. The van der Waals surface area contributed by atoms with Crippen LogP contribution >= 0.6 is 11.3 Å². The Kier molecular flexibility index (Phi) is 7.06. The molecular weight excluding hydrogens is 713 g/mol. The van der Waals surface area contributed by atoms with Gasteiger partial charge in [-0.2, -0.15) is 0 Å². The van der Waals surface area contributed by atoms with E-state index in [9.17, 15) is 0 Å². The van der Waals surface area contributed by atoms with Crippen LogP contribution in [0.15, 0.2) is 194 Å². The van der Waals surface area contributed by atoms with Crippen molar-refractivity contribution in [3.8, 4) is 45.3 Å². The first-order chi connectivity index (χ1) is 28.3. The van der Waals surface area contributed by atoms with Crippen molar-refractivity contribution in [2.24, 2.45) is 0 Å². The summed E-state index contributed by atoms with van der Waals surface area (Å²) in [4.78, 5) is 10.8. The number of nitrogens with zero attached hydrogens (tertiary/aromatic N) is 4. The minimum absolute atomic E-state index is 0.691. The van der Waals surface area contributed by atoms with Crippen molar-refractivity contribution in [1.29, 1.82) is 0 Å². The van der Waals surface area contributed by atoms with Crippen LogP contribution < -0.4 is 0 Å². The van der Waals surface area contributed by atoms with Crippen molar-refractivity contribution in [2.45, 2.75) is 0 Å². The second kappa shape index (κ2) is 12.6. The van der Waals surface area contributed by atoms with Crippen LogP contribution in [0.3, 0.4) is 0 Å². The zero-order chi connectivity index (χ0) is 37.5. The van der Waals surface area contributed by atoms with Crippen LogP contribution in [0.2, 0.25) is 0 Å². The van der Waals surface area contributed by atoms with Gasteiger partial charge in [-0.05, 0) is 42.5 Å². The van der Waals surface area contributed by atoms with Gasteiger partial charge in [-0.25, -0.2) is 9.97 Å². The summed E-state index contributed by atoms with van der Waals surface area (Å²) in [5.74, 6) is 0.691. The lowest BCUT2D eigenvalue weighted by Crippen LogP contribution is -2.07. The molecule has 0 spiro atoms. The molecule has 0 aliphatic heterocycles. The molecule has 0 aliphatic rings. The van der Waals surface area contributed by atoms with Gasteiger partial charge in [-0.15, -0.1) is 11.3 Å². The zero-order valence-electron chi connectivity index (χ0n) is 30.7. The van der Waals surface area contributed by atoms with Gasteiger partial charge in [0.15, 0.2) is 5.82 Å². The highest BCUT2D eigenvalue weighted by Gasteiger charge is 2.27. The molecule has 0 atom stereocenters. The largest absolute Gasteiger partial charge is 0.307 e. The van der Waals surface area contributed by atoms with Gasteiger partial charge in [0.2, 0.25) is 0 Å². The highest BCUT2D eigenvalue weighted by molar-refractivity contribution is 7.26. The van der Waals surface area contributed by atoms with E-state index in [1.165, 1.54) is 41.7 Å². The maximum absolute atomic E-state index is 5.57. The number of aromatic nitrogens is 4. The summed E-state index contributed by atoms with van der Waals surface area (Å²) < 4.78 is 7.40.